The highest BCUT2D eigenvalue weighted by atomic mass is 32.2. The Morgan fingerprint density at radius 2 is 1.95 bits per heavy atom. The first-order chi connectivity index (χ1) is 9.56. The van der Waals surface area contributed by atoms with Gasteiger partial charge in [-0.1, -0.05) is 24.6 Å². The predicted octanol–water partition coefficient (Wildman–Crippen LogP) is 2.05. The van der Waals surface area contributed by atoms with Crippen LogP contribution in [0, 0.1) is 0 Å². The Morgan fingerprint density at radius 1 is 1.15 bits per heavy atom. The van der Waals surface area contributed by atoms with E-state index in [0.717, 1.165) is 31.2 Å². The van der Waals surface area contributed by atoms with E-state index in [2.05, 4.69) is 12.1 Å². The molecule has 3 nitrogen and oxygen atoms in total. The fourth-order valence-corrected chi connectivity index (χ4v) is 5.55. The van der Waals surface area contributed by atoms with Gasteiger partial charge in [0, 0.05) is 0 Å². The molecule has 1 heterocycles. The van der Waals surface area contributed by atoms with Crippen molar-refractivity contribution >= 4 is 9.84 Å². The molecule has 0 amide bonds. The van der Waals surface area contributed by atoms with Gasteiger partial charge < -0.3 is 5.11 Å². The summed E-state index contributed by atoms with van der Waals surface area (Å²) in [6, 6.07) is 6.34. The van der Waals surface area contributed by atoms with Gasteiger partial charge in [0.2, 0.25) is 0 Å². The van der Waals surface area contributed by atoms with Crippen LogP contribution in [0.2, 0.25) is 0 Å². The summed E-state index contributed by atoms with van der Waals surface area (Å²) in [6.45, 7) is 0. The van der Waals surface area contributed by atoms with E-state index in [0.29, 0.717) is 12.8 Å². The molecule has 2 atom stereocenters. The number of hydrogen-bond donors (Lipinski definition) is 1. The van der Waals surface area contributed by atoms with E-state index >= 15 is 0 Å². The standard InChI is InChI=1S/C16H22O3S/c17-15(16-6-1-2-9-20(16,18)19)11-12-7-8-13-4-3-5-14(13)10-12/h7-8,10,15-17H,1-6,9,11H2. The molecule has 1 N–H and O–H groups in total. The fraction of sp³-hybridized carbons (Fsp3) is 0.625. The molecule has 1 aliphatic heterocycles. The van der Waals surface area contributed by atoms with E-state index in [1.807, 2.05) is 6.07 Å². The molecule has 0 aromatic heterocycles. The van der Waals surface area contributed by atoms with Crippen molar-refractivity contribution in [2.45, 2.75) is 56.3 Å². The van der Waals surface area contributed by atoms with Gasteiger partial charge in [-0.3, -0.25) is 0 Å². The molecule has 110 valence electrons. The van der Waals surface area contributed by atoms with Crippen molar-refractivity contribution in [3.05, 3.63) is 34.9 Å². The molecule has 20 heavy (non-hydrogen) atoms. The molecule has 4 heteroatoms. The van der Waals surface area contributed by atoms with Crippen LogP contribution in [0.1, 0.15) is 42.4 Å². The van der Waals surface area contributed by atoms with Crippen LogP contribution in [0.3, 0.4) is 0 Å². The maximum atomic E-state index is 12.0. The lowest BCUT2D eigenvalue weighted by atomic mass is 9.99. The molecule has 1 aliphatic carbocycles. The smallest absolute Gasteiger partial charge is 0.155 e. The van der Waals surface area contributed by atoms with E-state index in [1.54, 1.807) is 0 Å². The molecule has 0 saturated carbocycles. The lowest BCUT2D eigenvalue weighted by Gasteiger charge is -2.26. The Kier molecular flexibility index (Phi) is 3.87. The van der Waals surface area contributed by atoms with Gasteiger partial charge >= 0.3 is 0 Å². The lowest BCUT2D eigenvalue weighted by molar-refractivity contribution is 0.162. The molecule has 1 aromatic rings. The van der Waals surface area contributed by atoms with Crippen LogP contribution in [0.5, 0.6) is 0 Å². The van der Waals surface area contributed by atoms with Gasteiger partial charge in [-0.2, -0.15) is 0 Å². The number of aliphatic hydroxyl groups excluding tert-OH is 1. The van der Waals surface area contributed by atoms with E-state index in [-0.39, 0.29) is 5.75 Å². The maximum absolute atomic E-state index is 12.0. The van der Waals surface area contributed by atoms with Crippen LogP contribution < -0.4 is 0 Å². The van der Waals surface area contributed by atoms with Crippen molar-refractivity contribution in [1.82, 2.24) is 0 Å². The first-order valence-electron chi connectivity index (χ1n) is 7.56. The second-order valence-electron chi connectivity index (χ2n) is 6.13. The summed E-state index contributed by atoms with van der Waals surface area (Å²) in [4.78, 5) is 0. The fourth-order valence-electron chi connectivity index (χ4n) is 3.54. The van der Waals surface area contributed by atoms with Gasteiger partial charge in [-0.05, 0) is 55.2 Å². The number of hydrogen-bond acceptors (Lipinski definition) is 3. The molecule has 1 saturated heterocycles. The lowest BCUT2D eigenvalue weighted by Crippen LogP contribution is -2.39. The van der Waals surface area contributed by atoms with Crippen LogP contribution >= 0.6 is 0 Å². The predicted molar refractivity (Wildman–Crippen MR) is 79.6 cm³/mol. The molecule has 0 radical (unpaired) electrons. The molecule has 1 aromatic carbocycles. The number of fused-ring (bicyclic) bond motifs is 1. The second-order valence-corrected chi connectivity index (χ2v) is 8.47. The molecule has 2 unspecified atom stereocenters. The number of aryl methyl sites for hydroxylation is 2. The molecular formula is C16H22O3S. The summed E-state index contributed by atoms with van der Waals surface area (Å²) in [5, 5.41) is 9.77. The monoisotopic (exact) mass is 294 g/mol. The number of sulfone groups is 1. The van der Waals surface area contributed by atoms with Crippen molar-refractivity contribution < 1.29 is 13.5 Å². The third-order valence-corrected chi connectivity index (χ3v) is 7.00. The molecule has 3 rings (SSSR count). The zero-order valence-electron chi connectivity index (χ0n) is 11.7. The van der Waals surface area contributed by atoms with Gasteiger partial charge in [0.25, 0.3) is 0 Å². The second kappa shape index (κ2) is 5.49. The van der Waals surface area contributed by atoms with E-state index in [4.69, 9.17) is 0 Å². The Hall–Kier alpha value is -0.870. The normalized spacial score (nSPS) is 26.1. The zero-order valence-corrected chi connectivity index (χ0v) is 12.5. The van der Waals surface area contributed by atoms with Crippen molar-refractivity contribution in [3.63, 3.8) is 0 Å². The highest BCUT2D eigenvalue weighted by Gasteiger charge is 2.34. The molecule has 0 bridgehead atoms. The van der Waals surface area contributed by atoms with E-state index < -0.39 is 21.2 Å². The quantitative estimate of drug-likeness (QED) is 0.928. The zero-order chi connectivity index (χ0) is 14.2. The van der Waals surface area contributed by atoms with Crippen LogP contribution in [0.4, 0.5) is 0 Å². The van der Waals surface area contributed by atoms with E-state index in [9.17, 15) is 13.5 Å². The van der Waals surface area contributed by atoms with Crippen LogP contribution in [0.15, 0.2) is 18.2 Å². The highest BCUT2D eigenvalue weighted by molar-refractivity contribution is 7.92. The molecular weight excluding hydrogens is 272 g/mol. The minimum absolute atomic E-state index is 0.235. The van der Waals surface area contributed by atoms with Crippen LogP contribution in [0.25, 0.3) is 0 Å². The number of rotatable bonds is 3. The molecule has 2 aliphatic rings. The van der Waals surface area contributed by atoms with Crippen molar-refractivity contribution in [2.24, 2.45) is 0 Å². The summed E-state index contributed by atoms with van der Waals surface area (Å²) < 4.78 is 24.1. The van der Waals surface area contributed by atoms with Gasteiger partial charge in [0.15, 0.2) is 9.84 Å². The average Bonchev–Trinajstić information content (AvgIpc) is 2.85. The first-order valence-corrected chi connectivity index (χ1v) is 9.28. The highest BCUT2D eigenvalue weighted by Crippen LogP contribution is 2.26. The average molecular weight is 294 g/mol. The maximum Gasteiger partial charge on any atom is 0.155 e. The third-order valence-electron chi connectivity index (χ3n) is 4.67. The minimum atomic E-state index is -3.10. The Balaban J connectivity index is 1.74. The van der Waals surface area contributed by atoms with Gasteiger partial charge in [0.05, 0.1) is 17.1 Å². The summed E-state index contributed by atoms with van der Waals surface area (Å²) >= 11 is 0. The van der Waals surface area contributed by atoms with E-state index in [1.165, 1.54) is 17.5 Å². The van der Waals surface area contributed by atoms with Crippen molar-refractivity contribution in [3.8, 4) is 0 Å². The van der Waals surface area contributed by atoms with Crippen LogP contribution in [-0.4, -0.2) is 30.6 Å². The number of aliphatic hydroxyl groups is 1. The Labute approximate surface area is 120 Å². The summed E-state index contributed by atoms with van der Waals surface area (Å²) in [6.07, 6.45) is 5.41. The summed E-state index contributed by atoms with van der Waals surface area (Å²) in [5.41, 5.74) is 3.86. The SMILES string of the molecule is O=S1(=O)CCCCC1C(O)Cc1ccc2c(c1)CCC2. The topological polar surface area (TPSA) is 54.4 Å². The molecule has 1 fully saturated rings. The third kappa shape index (κ3) is 2.77. The Bertz CT molecular complexity index is 592. The molecule has 0 spiro atoms. The van der Waals surface area contributed by atoms with Gasteiger partial charge in [-0.15, -0.1) is 0 Å². The number of benzene rings is 1. The largest absolute Gasteiger partial charge is 0.391 e. The van der Waals surface area contributed by atoms with Gasteiger partial charge in [-0.25, -0.2) is 8.42 Å². The van der Waals surface area contributed by atoms with Crippen molar-refractivity contribution in [1.29, 1.82) is 0 Å². The first kappa shape index (κ1) is 14.1. The van der Waals surface area contributed by atoms with Crippen LogP contribution in [-0.2, 0) is 29.1 Å². The summed E-state index contributed by atoms with van der Waals surface area (Å²) in [7, 11) is -3.10. The van der Waals surface area contributed by atoms with Crippen molar-refractivity contribution in [2.75, 3.05) is 5.75 Å². The minimum Gasteiger partial charge on any atom is -0.391 e. The summed E-state index contributed by atoms with van der Waals surface area (Å²) in [5.74, 6) is 0.235. The van der Waals surface area contributed by atoms with Gasteiger partial charge in [0.1, 0.15) is 0 Å². The Morgan fingerprint density at radius 3 is 2.75 bits per heavy atom.